The molecule has 1 aliphatic carbocycles. The highest BCUT2D eigenvalue weighted by molar-refractivity contribution is 5.38. The van der Waals surface area contributed by atoms with E-state index in [0.717, 1.165) is 50.5 Å². The summed E-state index contributed by atoms with van der Waals surface area (Å²) in [7, 11) is 0. The summed E-state index contributed by atoms with van der Waals surface area (Å²) in [4.78, 5) is 21.4. The van der Waals surface area contributed by atoms with Crippen LogP contribution in [0.2, 0.25) is 0 Å². The molecule has 3 rings (SSSR count). The third-order valence-electron chi connectivity index (χ3n) is 3.89. The normalized spacial score (nSPS) is 24.3. The molecule has 98 valence electrons. The predicted molar refractivity (Wildman–Crippen MR) is 70.8 cm³/mol. The van der Waals surface area contributed by atoms with E-state index in [0.29, 0.717) is 11.8 Å². The molecule has 3 N–H and O–H groups in total. The molecule has 2 fully saturated rings. The standard InChI is InChI=1S/C13H20N4O/c14-7-9-2-1-5-17(8-9)11-6-12(18)16-13(15-11)10-3-4-10/h6,9-10H,1-5,7-8,14H2,(H,15,16,18). The van der Waals surface area contributed by atoms with Crippen molar-refractivity contribution in [1.29, 1.82) is 0 Å². The van der Waals surface area contributed by atoms with Crippen LogP contribution in [0, 0.1) is 5.92 Å². The molecule has 5 heteroatoms. The number of nitrogens with zero attached hydrogens (tertiary/aromatic N) is 2. The van der Waals surface area contributed by atoms with Crippen LogP contribution in [0.25, 0.3) is 0 Å². The zero-order valence-electron chi connectivity index (χ0n) is 10.6. The molecule has 1 unspecified atom stereocenters. The quantitative estimate of drug-likeness (QED) is 0.830. The fourth-order valence-electron chi connectivity index (χ4n) is 2.64. The summed E-state index contributed by atoms with van der Waals surface area (Å²) < 4.78 is 0. The van der Waals surface area contributed by atoms with Gasteiger partial charge in [-0.15, -0.1) is 0 Å². The van der Waals surface area contributed by atoms with Gasteiger partial charge >= 0.3 is 0 Å². The second kappa shape index (κ2) is 4.72. The zero-order chi connectivity index (χ0) is 12.5. The predicted octanol–water partition coefficient (Wildman–Crippen LogP) is 0.822. The Balaban J connectivity index is 1.84. The van der Waals surface area contributed by atoms with Gasteiger partial charge in [0, 0.05) is 25.1 Å². The fraction of sp³-hybridized carbons (Fsp3) is 0.692. The maximum Gasteiger partial charge on any atom is 0.252 e. The number of nitrogens with two attached hydrogens (primary N) is 1. The van der Waals surface area contributed by atoms with Gasteiger partial charge in [-0.2, -0.15) is 0 Å². The van der Waals surface area contributed by atoms with E-state index in [1.807, 2.05) is 0 Å². The van der Waals surface area contributed by atoms with Gasteiger partial charge in [0.2, 0.25) is 0 Å². The van der Waals surface area contributed by atoms with Crippen LogP contribution in [0.5, 0.6) is 0 Å². The summed E-state index contributed by atoms with van der Waals surface area (Å²) >= 11 is 0. The monoisotopic (exact) mass is 248 g/mol. The van der Waals surface area contributed by atoms with Gasteiger partial charge in [-0.1, -0.05) is 0 Å². The van der Waals surface area contributed by atoms with Crippen molar-refractivity contribution in [2.75, 3.05) is 24.5 Å². The second-order valence-electron chi connectivity index (χ2n) is 5.45. The number of nitrogens with one attached hydrogen (secondary N) is 1. The molecule has 1 saturated heterocycles. The molecule has 5 nitrogen and oxygen atoms in total. The molecule has 2 aliphatic rings. The van der Waals surface area contributed by atoms with Gasteiger partial charge in [-0.05, 0) is 38.1 Å². The van der Waals surface area contributed by atoms with E-state index in [1.165, 1.54) is 6.42 Å². The Bertz CT molecular complexity index is 480. The van der Waals surface area contributed by atoms with Gasteiger partial charge in [0.25, 0.3) is 5.56 Å². The number of anilines is 1. The highest BCUT2D eigenvalue weighted by Crippen LogP contribution is 2.38. The number of H-pyrrole nitrogens is 1. The average Bonchev–Trinajstić information content (AvgIpc) is 3.22. The van der Waals surface area contributed by atoms with Crippen LogP contribution in [-0.4, -0.2) is 29.6 Å². The van der Waals surface area contributed by atoms with Crippen molar-refractivity contribution in [2.24, 2.45) is 11.7 Å². The van der Waals surface area contributed by atoms with E-state index in [-0.39, 0.29) is 5.56 Å². The van der Waals surface area contributed by atoms with Crippen molar-refractivity contribution in [1.82, 2.24) is 9.97 Å². The molecule has 0 radical (unpaired) electrons. The van der Waals surface area contributed by atoms with Crippen molar-refractivity contribution in [3.63, 3.8) is 0 Å². The molecular formula is C13H20N4O. The lowest BCUT2D eigenvalue weighted by Gasteiger charge is -2.33. The summed E-state index contributed by atoms with van der Waals surface area (Å²) in [5, 5.41) is 0. The third-order valence-corrected chi connectivity index (χ3v) is 3.89. The number of aromatic nitrogens is 2. The molecule has 1 aromatic rings. The highest BCUT2D eigenvalue weighted by Gasteiger charge is 2.27. The molecule has 1 saturated carbocycles. The maximum absolute atomic E-state index is 11.7. The van der Waals surface area contributed by atoms with Gasteiger partial charge in [-0.25, -0.2) is 4.98 Å². The first-order valence-corrected chi connectivity index (χ1v) is 6.82. The van der Waals surface area contributed by atoms with Crippen LogP contribution in [0.1, 0.15) is 37.4 Å². The molecule has 0 amide bonds. The molecule has 18 heavy (non-hydrogen) atoms. The second-order valence-corrected chi connectivity index (χ2v) is 5.45. The number of hydrogen-bond acceptors (Lipinski definition) is 4. The lowest BCUT2D eigenvalue weighted by Crippen LogP contribution is -2.39. The van der Waals surface area contributed by atoms with E-state index >= 15 is 0 Å². The van der Waals surface area contributed by atoms with Crippen LogP contribution in [-0.2, 0) is 0 Å². The summed E-state index contributed by atoms with van der Waals surface area (Å²) in [5.74, 6) is 2.71. The van der Waals surface area contributed by atoms with E-state index < -0.39 is 0 Å². The topological polar surface area (TPSA) is 75.0 Å². The van der Waals surface area contributed by atoms with Gasteiger partial charge in [-0.3, -0.25) is 4.79 Å². The van der Waals surface area contributed by atoms with Crippen LogP contribution in [0.4, 0.5) is 5.82 Å². The van der Waals surface area contributed by atoms with Crippen molar-refractivity contribution in [2.45, 2.75) is 31.6 Å². The third kappa shape index (κ3) is 2.41. The van der Waals surface area contributed by atoms with Gasteiger partial charge in [0.15, 0.2) is 0 Å². The SMILES string of the molecule is NCC1CCCN(c2cc(=O)[nH]c(C3CC3)n2)C1. The fourth-order valence-corrected chi connectivity index (χ4v) is 2.64. The Morgan fingerprint density at radius 3 is 3.00 bits per heavy atom. The highest BCUT2D eigenvalue weighted by atomic mass is 16.1. The summed E-state index contributed by atoms with van der Waals surface area (Å²) in [5.41, 5.74) is 5.72. The van der Waals surface area contributed by atoms with Crippen LogP contribution in [0.3, 0.4) is 0 Å². The Labute approximate surface area is 106 Å². The number of hydrogen-bond donors (Lipinski definition) is 2. The first-order chi connectivity index (χ1) is 8.76. The Kier molecular flexibility index (Phi) is 3.07. The minimum Gasteiger partial charge on any atom is -0.356 e. The molecule has 1 aromatic heterocycles. The molecule has 0 bridgehead atoms. The lowest BCUT2D eigenvalue weighted by molar-refractivity contribution is 0.421. The number of piperidine rings is 1. The first kappa shape index (κ1) is 11.7. The molecule has 0 spiro atoms. The Hall–Kier alpha value is -1.36. The Morgan fingerprint density at radius 1 is 1.44 bits per heavy atom. The number of rotatable bonds is 3. The summed E-state index contributed by atoms with van der Waals surface area (Å²) in [6.07, 6.45) is 4.62. The minimum atomic E-state index is -0.0308. The summed E-state index contributed by atoms with van der Waals surface area (Å²) in [6.45, 7) is 2.63. The molecular weight excluding hydrogens is 228 g/mol. The molecule has 1 atom stereocenters. The van der Waals surface area contributed by atoms with Gasteiger partial charge in [0.1, 0.15) is 11.6 Å². The zero-order valence-corrected chi connectivity index (χ0v) is 10.6. The largest absolute Gasteiger partial charge is 0.356 e. The van der Waals surface area contributed by atoms with E-state index in [2.05, 4.69) is 14.9 Å². The smallest absolute Gasteiger partial charge is 0.252 e. The maximum atomic E-state index is 11.7. The van der Waals surface area contributed by atoms with Gasteiger partial charge in [0.05, 0.1) is 0 Å². The van der Waals surface area contributed by atoms with E-state index in [1.54, 1.807) is 6.07 Å². The van der Waals surface area contributed by atoms with Gasteiger partial charge < -0.3 is 15.6 Å². The van der Waals surface area contributed by atoms with Crippen molar-refractivity contribution >= 4 is 5.82 Å². The average molecular weight is 248 g/mol. The van der Waals surface area contributed by atoms with E-state index in [4.69, 9.17) is 5.73 Å². The molecule has 2 heterocycles. The molecule has 0 aromatic carbocycles. The van der Waals surface area contributed by atoms with Crippen molar-refractivity contribution in [3.05, 3.63) is 22.2 Å². The van der Waals surface area contributed by atoms with Crippen LogP contribution in [0.15, 0.2) is 10.9 Å². The van der Waals surface area contributed by atoms with E-state index in [9.17, 15) is 4.79 Å². The Morgan fingerprint density at radius 2 is 2.28 bits per heavy atom. The van der Waals surface area contributed by atoms with Crippen LogP contribution >= 0.6 is 0 Å². The molecule has 1 aliphatic heterocycles. The lowest BCUT2D eigenvalue weighted by atomic mass is 9.98. The van der Waals surface area contributed by atoms with Crippen molar-refractivity contribution < 1.29 is 0 Å². The van der Waals surface area contributed by atoms with Crippen molar-refractivity contribution in [3.8, 4) is 0 Å². The first-order valence-electron chi connectivity index (χ1n) is 6.82. The minimum absolute atomic E-state index is 0.0308. The summed E-state index contributed by atoms with van der Waals surface area (Å²) in [6, 6.07) is 1.62. The van der Waals surface area contributed by atoms with Crippen LogP contribution < -0.4 is 16.2 Å². The number of aromatic amines is 1.